The Morgan fingerprint density at radius 3 is 2.79 bits per heavy atom. The van der Waals surface area contributed by atoms with Crippen LogP contribution in [0.5, 0.6) is 0 Å². The van der Waals surface area contributed by atoms with Crippen molar-refractivity contribution in [3.8, 4) is 11.1 Å². The Morgan fingerprint density at radius 1 is 1.24 bits per heavy atom. The molecule has 0 radical (unpaired) electrons. The Balaban J connectivity index is 1.48. The topological polar surface area (TPSA) is 68.8 Å². The van der Waals surface area contributed by atoms with Crippen LogP contribution in [0.2, 0.25) is 0 Å². The fourth-order valence-corrected chi connectivity index (χ4v) is 5.52. The van der Waals surface area contributed by atoms with Crippen LogP contribution in [0.4, 0.5) is 5.69 Å². The molecular formula is C26H32N2O4S. The fraction of sp³-hybridized carbons (Fsp3) is 0.462. The molecule has 0 spiro atoms. The Labute approximate surface area is 199 Å². The first-order chi connectivity index (χ1) is 16.0. The van der Waals surface area contributed by atoms with Gasteiger partial charge in [-0.2, -0.15) is 0 Å². The minimum atomic E-state index is -0.300. The first-order valence-corrected chi connectivity index (χ1v) is 12.6. The zero-order valence-electron chi connectivity index (χ0n) is 19.4. The normalized spacial score (nSPS) is 15.6. The minimum absolute atomic E-state index is 0.152. The van der Waals surface area contributed by atoms with E-state index in [0.29, 0.717) is 18.8 Å². The van der Waals surface area contributed by atoms with Gasteiger partial charge in [0, 0.05) is 29.0 Å². The zero-order chi connectivity index (χ0) is 23.2. The molecule has 176 valence electrons. The third-order valence-electron chi connectivity index (χ3n) is 6.38. The van der Waals surface area contributed by atoms with Gasteiger partial charge in [-0.25, -0.2) is 0 Å². The van der Waals surface area contributed by atoms with Crippen LogP contribution in [0.25, 0.3) is 11.1 Å². The number of benzene rings is 1. The standard InChI is InChI=1S/C26H32N2O4S/c1-19-13-21(17-31-12-10-27-8-4-3-5-9-27)24(16-25(19)28(29)30)22-15-23(33-18-22)14-20(2)26-7-6-11-32-26/h6-7,11,13,15-16,18,20H,3-5,8-10,12,14,17H2,1-2H3. The number of furan rings is 1. The Kier molecular flexibility index (Phi) is 7.96. The molecule has 1 atom stereocenters. The van der Waals surface area contributed by atoms with Gasteiger partial charge in [-0.15, -0.1) is 11.3 Å². The van der Waals surface area contributed by atoms with Crippen LogP contribution in [0, 0.1) is 17.0 Å². The van der Waals surface area contributed by atoms with E-state index >= 15 is 0 Å². The van der Waals surface area contributed by atoms with Crippen LogP contribution in [0.15, 0.2) is 46.4 Å². The summed E-state index contributed by atoms with van der Waals surface area (Å²) in [5.41, 5.74) is 3.72. The summed E-state index contributed by atoms with van der Waals surface area (Å²) >= 11 is 1.69. The summed E-state index contributed by atoms with van der Waals surface area (Å²) in [5, 5.41) is 13.7. The summed E-state index contributed by atoms with van der Waals surface area (Å²) in [6.45, 7) is 8.31. The van der Waals surface area contributed by atoms with Crippen LogP contribution >= 0.6 is 11.3 Å². The molecular weight excluding hydrogens is 436 g/mol. The molecule has 0 amide bonds. The molecule has 2 aromatic heterocycles. The van der Waals surface area contributed by atoms with E-state index in [9.17, 15) is 10.1 Å². The number of piperidine rings is 1. The molecule has 33 heavy (non-hydrogen) atoms. The number of thiophene rings is 1. The van der Waals surface area contributed by atoms with Gasteiger partial charge in [0.1, 0.15) is 5.76 Å². The Bertz CT molecular complexity index is 1050. The second-order valence-electron chi connectivity index (χ2n) is 8.93. The van der Waals surface area contributed by atoms with Crippen molar-refractivity contribution in [2.45, 2.75) is 52.1 Å². The predicted octanol–water partition coefficient (Wildman–Crippen LogP) is 6.57. The second kappa shape index (κ2) is 11.1. The summed E-state index contributed by atoms with van der Waals surface area (Å²) in [6.07, 6.45) is 6.43. The summed E-state index contributed by atoms with van der Waals surface area (Å²) < 4.78 is 11.6. The van der Waals surface area contributed by atoms with E-state index < -0.39 is 0 Å². The van der Waals surface area contributed by atoms with E-state index in [1.54, 1.807) is 30.6 Å². The number of hydrogen-bond acceptors (Lipinski definition) is 6. The van der Waals surface area contributed by atoms with Crippen molar-refractivity contribution in [3.63, 3.8) is 0 Å². The quantitative estimate of drug-likeness (QED) is 0.191. The minimum Gasteiger partial charge on any atom is -0.469 e. The Hall–Kier alpha value is -2.48. The van der Waals surface area contributed by atoms with Gasteiger partial charge in [-0.05, 0) is 85.6 Å². The van der Waals surface area contributed by atoms with Gasteiger partial charge < -0.3 is 14.1 Å². The van der Waals surface area contributed by atoms with Gasteiger partial charge in [0.05, 0.1) is 24.4 Å². The summed E-state index contributed by atoms with van der Waals surface area (Å²) in [4.78, 5) is 15.0. The van der Waals surface area contributed by atoms with Crippen LogP contribution < -0.4 is 0 Å². The highest BCUT2D eigenvalue weighted by Gasteiger charge is 2.19. The van der Waals surface area contributed by atoms with Crippen molar-refractivity contribution in [1.82, 2.24) is 4.90 Å². The smallest absolute Gasteiger partial charge is 0.272 e. The molecule has 4 rings (SSSR count). The maximum atomic E-state index is 11.6. The lowest BCUT2D eigenvalue weighted by Crippen LogP contribution is -2.32. The molecule has 0 aliphatic carbocycles. The van der Waals surface area contributed by atoms with Crippen molar-refractivity contribution in [1.29, 1.82) is 0 Å². The van der Waals surface area contributed by atoms with Crippen molar-refractivity contribution >= 4 is 17.0 Å². The molecule has 0 N–H and O–H groups in total. The molecule has 1 saturated heterocycles. The van der Waals surface area contributed by atoms with E-state index in [0.717, 1.165) is 48.5 Å². The molecule has 1 aromatic carbocycles. The lowest BCUT2D eigenvalue weighted by molar-refractivity contribution is -0.385. The number of rotatable bonds is 10. The number of nitro groups is 1. The first-order valence-electron chi connectivity index (χ1n) is 11.7. The molecule has 3 heterocycles. The van der Waals surface area contributed by atoms with Crippen molar-refractivity contribution in [2.75, 3.05) is 26.2 Å². The van der Waals surface area contributed by atoms with Gasteiger partial charge in [-0.1, -0.05) is 13.3 Å². The highest BCUT2D eigenvalue weighted by molar-refractivity contribution is 7.10. The van der Waals surface area contributed by atoms with E-state index in [-0.39, 0.29) is 16.5 Å². The van der Waals surface area contributed by atoms with Crippen molar-refractivity contribution in [2.24, 2.45) is 0 Å². The summed E-state index contributed by atoms with van der Waals surface area (Å²) in [6, 6.07) is 9.68. The molecule has 1 aliphatic heterocycles. The van der Waals surface area contributed by atoms with Gasteiger partial charge in [0.15, 0.2) is 0 Å². The monoisotopic (exact) mass is 468 g/mol. The highest BCUT2D eigenvalue weighted by atomic mass is 32.1. The van der Waals surface area contributed by atoms with E-state index in [4.69, 9.17) is 9.15 Å². The van der Waals surface area contributed by atoms with Gasteiger partial charge in [0.25, 0.3) is 5.69 Å². The number of nitrogens with zero attached hydrogens (tertiary/aromatic N) is 2. The molecule has 1 unspecified atom stereocenters. The average molecular weight is 469 g/mol. The number of ether oxygens (including phenoxy) is 1. The predicted molar refractivity (Wildman–Crippen MR) is 132 cm³/mol. The molecule has 0 saturated carbocycles. The van der Waals surface area contributed by atoms with Crippen LogP contribution in [-0.4, -0.2) is 36.1 Å². The number of hydrogen-bond donors (Lipinski definition) is 0. The lowest BCUT2D eigenvalue weighted by atomic mass is 9.97. The second-order valence-corrected chi connectivity index (χ2v) is 9.93. The maximum Gasteiger partial charge on any atom is 0.272 e. The van der Waals surface area contributed by atoms with E-state index in [1.807, 2.05) is 18.2 Å². The van der Waals surface area contributed by atoms with Crippen molar-refractivity contribution < 1.29 is 14.1 Å². The number of nitro benzene ring substituents is 1. The first kappa shape index (κ1) is 23.7. The van der Waals surface area contributed by atoms with E-state index in [2.05, 4.69) is 23.3 Å². The van der Waals surface area contributed by atoms with E-state index in [1.165, 1.54) is 24.1 Å². The van der Waals surface area contributed by atoms with Crippen molar-refractivity contribution in [3.05, 3.63) is 73.9 Å². The fourth-order valence-electron chi connectivity index (χ4n) is 4.50. The van der Waals surface area contributed by atoms with Crippen LogP contribution in [0.1, 0.15) is 53.9 Å². The highest BCUT2D eigenvalue weighted by Crippen LogP contribution is 2.35. The number of aryl methyl sites for hydroxylation is 1. The third kappa shape index (κ3) is 6.10. The van der Waals surface area contributed by atoms with Gasteiger partial charge >= 0.3 is 0 Å². The molecule has 7 heteroatoms. The molecule has 3 aromatic rings. The average Bonchev–Trinajstić information content (AvgIpc) is 3.50. The SMILES string of the molecule is Cc1cc(COCCN2CCCCC2)c(-c2csc(CC(C)c3ccco3)c2)cc1[N+](=O)[O-]. The van der Waals surface area contributed by atoms with Crippen LogP contribution in [-0.2, 0) is 17.8 Å². The molecule has 6 nitrogen and oxygen atoms in total. The number of likely N-dealkylation sites (tertiary alicyclic amines) is 1. The molecule has 0 bridgehead atoms. The molecule has 1 fully saturated rings. The van der Waals surface area contributed by atoms with Gasteiger partial charge in [0.2, 0.25) is 0 Å². The lowest BCUT2D eigenvalue weighted by Gasteiger charge is -2.26. The summed E-state index contributed by atoms with van der Waals surface area (Å²) in [7, 11) is 0. The molecule has 1 aliphatic rings. The summed E-state index contributed by atoms with van der Waals surface area (Å²) in [5.74, 6) is 1.25. The van der Waals surface area contributed by atoms with Crippen LogP contribution in [0.3, 0.4) is 0 Å². The largest absolute Gasteiger partial charge is 0.469 e. The maximum absolute atomic E-state index is 11.6. The Morgan fingerprint density at radius 2 is 2.06 bits per heavy atom. The van der Waals surface area contributed by atoms with Gasteiger partial charge in [-0.3, -0.25) is 10.1 Å². The third-order valence-corrected chi connectivity index (χ3v) is 7.34. The zero-order valence-corrected chi connectivity index (χ0v) is 20.2.